The van der Waals surface area contributed by atoms with E-state index in [1.54, 1.807) is 49.6 Å². The minimum Gasteiger partial charge on any atom is -0.346 e. The zero-order valence-electron chi connectivity index (χ0n) is 15.8. The molecule has 146 valence electrons. The van der Waals surface area contributed by atoms with Gasteiger partial charge >= 0.3 is 11.8 Å². The topological polar surface area (TPSA) is 92.3 Å². The number of aryl methyl sites for hydroxylation is 2. The first-order valence-electron chi connectivity index (χ1n) is 8.56. The Kier molecular flexibility index (Phi) is 6.78. The van der Waals surface area contributed by atoms with Gasteiger partial charge in [0.25, 0.3) is 0 Å². The second-order valence-corrected chi connectivity index (χ2v) is 9.74. The maximum Gasteiger partial charge on any atom is 0.309 e. The highest BCUT2D eigenvalue weighted by Crippen LogP contribution is 2.32. The first-order chi connectivity index (χ1) is 12.6. The number of nitrogens with one attached hydrogen (secondary N) is 2. The smallest absolute Gasteiger partial charge is 0.309 e. The average Bonchev–Trinajstić information content (AvgIpc) is 3.10. The lowest BCUT2D eigenvalue weighted by Gasteiger charge is -2.18. The van der Waals surface area contributed by atoms with Crippen LogP contribution in [0.15, 0.2) is 40.6 Å². The van der Waals surface area contributed by atoms with Gasteiger partial charge in [0, 0.05) is 17.5 Å². The number of carbonyl (C=O) groups excluding carboxylic acids is 2. The summed E-state index contributed by atoms with van der Waals surface area (Å²) in [6.45, 7) is 7.07. The van der Waals surface area contributed by atoms with Crippen molar-refractivity contribution in [3.05, 3.63) is 51.7 Å². The van der Waals surface area contributed by atoms with Gasteiger partial charge in [0.15, 0.2) is 9.84 Å². The molecule has 6 nitrogen and oxygen atoms in total. The Morgan fingerprint density at radius 3 is 2.33 bits per heavy atom. The SMILES string of the molecule is Cc1ccc(S(=O)(=O)[C@H](CNC(=O)C(=O)NC(C)C)c2cccs2)cc1C. The van der Waals surface area contributed by atoms with E-state index in [1.807, 2.05) is 13.8 Å². The van der Waals surface area contributed by atoms with Crippen LogP contribution in [0.25, 0.3) is 0 Å². The van der Waals surface area contributed by atoms with Gasteiger partial charge < -0.3 is 10.6 Å². The van der Waals surface area contributed by atoms with Gasteiger partial charge in [-0.15, -0.1) is 11.3 Å². The molecule has 27 heavy (non-hydrogen) atoms. The predicted molar refractivity (Wildman–Crippen MR) is 106 cm³/mol. The molecule has 0 fully saturated rings. The minimum atomic E-state index is -3.74. The van der Waals surface area contributed by atoms with Gasteiger partial charge in [-0.05, 0) is 62.4 Å². The molecule has 0 bridgehead atoms. The lowest BCUT2D eigenvalue weighted by atomic mass is 10.1. The van der Waals surface area contributed by atoms with Gasteiger partial charge in [-0.3, -0.25) is 9.59 Å². The number of rotatable bonds is 6. The predicted octanol–water partition coefficient (Wildman–Crippen LogP) is 2.52. The fourth-order valence-electron chi connectivity index (χ4n) is 2.49. The van der Waals surface area contributed by atoms with Crippen LogP contribution < -0.4 is 10.6 Å². The van der Waals surface area contributed by atoms with E-state index >= 15 is 0 Å². The molecule has 0 saturated heterocycles. The third-order valence-corrected chi connectivity index (χ3v) is 7.33. The fraction of sp³-hybridized carbons (Fsp3) is 0.368. The summed E-state index contributed by atoms with van der Waals surface area (Å²) in [6.07, 6.45) is 0. The van der Waals surface area contributed by atoms with E-state index < -0.39 is 26.9 Å². The summed E-state index contributed by atoms with van der Waals surface area (Å²) in [5, 5.41) is 5.76. The molecule has 8 heteroatoms. The number of hydrogen-bond donors (Lipinski definition) is 2. The molecule has 0 spiro atoms. The number of sulfone groups is 1. The van der Waals surface area contributed by atoms with Crippen molar-refractivity contribution < 1.29 is 18.0 Å². The first kappa shape index (κ1) is 21.1. The normalized spacial score (nSPS) is 12.6. The molecule has 0 aliphatic carbocycles. The van der Waals surface area contributed by atoms with E-state index in [-0.39, 0.29) is 17.5 Å². The molecule has 0 radical (unpaired) electrons. The maximum absolute atomic E-state index is 13.2. The molecule has 1 atom stereocenters. The molecule has 2 rings (SSSR count). The molecule has 2 N–H and O–H groups in total. The lowest BCUT2D eigenvalue weighted by Crippen LogP contribution is -2.44. The Morgan fingerprint density at radius 1 is 1.07 bits per heavy atom. The molecule has 2 aromatic rings. The molecule has 1 heterocycles. The van der Waals surface area contributed by atoms with E-state index in [9.17, 15) is 18.0 Å². The standard InChI is InChI=1S/C19H24N2O4S2/c1-12(2)21-19(23)18(22)20-11-17(16-6-5-9-26-16)27(24,25)15-8-7-13(3)14(4)10-15/h5-10,12,17H,11H2,1-4H3,(H,20,22)(H,21,23)/t17-/m1/s1. The largest absolute Gasteiger partial charge is 0.346 e. The van der Waals surface area contributed by atoms with Gasteiger partial charge in [0.1, 0.15) is 5.25 Å². The zero-order valence-corrected chi connectivity index (χ0v) is 17.4. The Hall–Kier alpha value is -2.19. The Morgan fingerprint density at radius 2 is 1.78 bits per heavy atom. The van der Waals surface area contributed by atoms with Crippen molar-refractivity contribution in [2.45, 2.75) is 43.9 Å². The van der Waals surface area contributed by atoms with Crippen molar-refractivity contribution in [3.8, 4) is 0 Å². The van der Waals surface area contributed by atoms with Crippen LogP contribution in [-0.2, 0) is 19.4 Å². The number of hydrogen-bond acceptors (Lipinski definition) is 5. The highest BCUT2D eigenvalue weighted by Gasteiger charge is 2.31. The molecule has 0 aliphatic rings. The Balaban J connectivity index is 2.28. The van der Waals surface area contributed by atoms with Crippen molar-refractivity contribution >= 4 is 33.0 Å². The van der Waals surface area contributed by atoms with Crippen molar-refractivity contribution in [3.63, 3.8) is 0 Å². The van der Waals surface area contributed by atoms with E-state index in [2.05, 4.69) is 10.6 Å². The molecule has 0 unspecified atom stereocenters. The zero-order chi connectivity index (χ0) is 20.2. The number of thiophene rings is 1. The van der Waals surface area contributed by atoms with Crippen molar-refractivity contribution in [1.29, 1.82) is 0 Å². The van der Waals surface area contributed by atoms with Gasteiger partial charge in [-0.1, -0.05) is 12.1 Å². The molecule has 1 aromatic heterocycles. The van der Waals surface area contributed by atoms with Crippen LogP contribution in [0.5, 0.6) is 0 Å². The number of amides is 2. The third-order valence-electron chi connectivity index (χ3n) is 4.12. The highest BCUT2D eigenvalue weighted by atomic mass is 32.2. The molecular formula is C19H24N2O4S2. The minimum absolute atomic E-state index is 0.180. The molecule has 0 saturated carbocycles. The summed E-state index contributed by atoms with van der Waals surface area (Å²) in [5.74, 6) is -1.63. The highest BCUT2D eigenvalue weighted by molar-refractivity contribution is 7.91. The maximum atomic E-state index is 13.2. The van der Waals surface area contributed by atoms with Crippen LogP contribution in [-0.4, -0.2) is 32.8 Å². The van der Waals surface area contributed by atoms with E-state index in [1.165, 1.54) is 11.3 Å². The van der Waals surface area contributed by atoms with Crippen LogP contribution in [0.4, 0.5) is 0 Å². The summed E-state index contributed by atoms with van der Waals surface area (Å²) in [5.41, 5.74) is 1.88. The van der Waals surface area contributed by atoms with E-state index in [0.717, 1.165) is 11.1 Å². The number of benzene rings is 1. The second kappa shape index (κ2) is 8.67. The van der Waals surface area contributed by atoms with E-state index in [4.69, 9.17) is 0 Å². The molecule has 1 aromatic carbocycles. The summed E-state index contributed by atoms with van der Waals surface area (Å²) < 4.78 is 26.4. The Bertz CT molecular complexity index is 919. The number of carbonyl (C=O) groups is 2. The first-order valence-corrected chi connectivity index (χ1v) is 11.0. The molecular weight excluding hydrogens is 384 g/mol. The van der Waals surface area contributed by atoms with Crippen LogP contribution >= 0.6 is 11.3 Å². The van der Waals surface area contributed by atoms with Crippen LogP contribution in [0.1, 0.15) is 35.1 Å². The summed E-state index contributed by atoms with van der Waals surface area (Å²) in [7, 11) is -3.74. The van der Waals surface area contributed by atoms with E-state index in [0.29, 0.717) is 4.88 Å². The van der Waals surface area contributed by atoms with Gasteiger partial charge in [0.2, 0.25) is 0 Å². The fourth-order valence-corrected chi connectivity index (χ4v) is 5.35. The lowest BCUT2D eigenvalue weighted by molar-refractivity contribution is -0.139. The average molecular weight is 409 g/mol. The quantitative estimate of drug-likeness (QED) is 0.719. The summed E-state index contributed by atoms with van der Waals surface area (Å²) >= 11 is 1.30. The second-order valence-electron chi connectivity index (χ2n) is 6.63. The molecule has 0 aliphatic heterocycles. The summed E-state index contributed by atoms with van der Waals surface area (Å²) in [4.78, 5) is 24.6. The monoisotopic (exact) mass is 408 g/mol. The van der Waals surface area contributed by atoms with Gasteiger partial charge in [-0.2, -0.15) is 0 Å². The van der Waals surface area contributed by atoms with Gasteiger partial charge in [0.05, 0.1) is 4.90 Å². The summed E-state index contributed by atoms with van der Waals surface area (Å²) in [6, 6.07) is 8.27. The third kappa shape index (κ3) is 5.17. The van der Waals surface area contributed by atoms with Crippen molar-refractivity contribution in [2.75, 3.05) is 6.54 Å². The Labute approximate surface area is 163 Å². The van der Waals surface area contributed by atoms with Crippen molar-refractivity contribution in [2.24, 2.45) is 0 Å². The van der Waals surface area contributed by atoms with Crippen molar-refractivity contribution in [1.82, 2.24) is 10.6 Å². The van der Waals surface area contributed by atoms with Gasteiger partial charge in [-0.25, -0.2) is 8.42 Å². The van der Waals surface area contributed by atoms with Crippen LogP contribution in [0, 0.1) is 13.8 Å². The molecule has 2 amide bonds. The van der Waals surface area contributed by atoms with Crippen LogP contribution in [0.2, 0.25) is 0 Å². The van der Waals surface area contributed by atoms with Crippen LogP contribution in [0.3, 0.4) is 0 Å².